The standard InChI is InChI=1S/C67H130O17P2/c1-9-60(8)46-38-30-25-26-32-40-48-65(70)78-54-63(83-66(71)49-41-33-23-15-13-11-10-12-14-19-27-35-43-57(2)3)56-82-86(75,76)80-52-61(68)51-79-85(73,74)81-55-62(84-67(72)50-42-34-24-18-21-29-37-45-59(6)7)53-77-64(69)47-39-31-22-17-16-20-28-36-44-58(4)5/h57-63,68H,9-56H2,1-8H3,(H,73,74)(H,75,76)/t60?,61-,62-,63-/m1/s1. The monoisotopic (exact) mass is 1270 g/mol. The summed E-state index contributed by atoms with van der Waals surface area (Å²) in [6.07, 6.45) is 37.7. The molecule has 6 atom stereocenters. The van der Waals surface area contributed by atoms with Crippen LogP contribution in [0.1, 0.15) is 325 Å². The predicted octanol–water partition coefficient (Wildman–Crippen LogP) is 18.5. The number of rotatable bonds is 64. The second-order valence-corrected chi connectivity index (χ2v) is 28.8. The molecule has 0 aromatic carbocycles. The van der Waals surface area contributed by atoms with E-state index in [1.165, 1.54) is 122 Å². The van der Waals surface area contributed by atoms with Crippen LogP contribution in [0.15, 0.2) is 0 Å². The summed E-state index contributed by atoms with van der Waals surface area (Å²) in [6, 6.07) is 0. The minimum atomic E-state index is -4.95. The molecule has 3 N–H and O–H groups in total. The largest absolute Gasteiger partial charge is 0.472 e. The van der Waals surface area contributed by atoms with Gasteiger partial charge in [-0.15, -0.1) is 0 Å². The van der Waals surface area contributed by atoms with Crippen LogP contribution in [-0.2, 0) is 65.4 Å². The van der Waals surface area contributed by atoms with Gasteiger partial charge in [0.1, 0.15) is 19.3 Å². The van der Waals surface area contributed by atoms with Gasteiger partial charge in [-0.1, -0.05) is 274 Å². The van der Waals surface area contributed by atoms with Gasteiger partial charge in [0.05, 0.1) is 26.4 Å². The molecule has 0 aliphatic heterocycles. The maximum Gasteiger partial charge on any atom is 0.472 e. The summed E-state index contributed by atoms with van der Waals surface area (Å²) < 4.78 is 68.1. The highest BCUT2D eigenvalue weighted by molar-refractivity contribution is 7.47. The number of phosphoric acid groups is 2. The summed E-state index contributed by atoms with van der Waals surface area (Å²) in [7, 11) is -9.90. The molecular weight excluding hydrogens is 1140 g/mol. The van der Waals surface area contributed by atoms with Crippen molar-refractivity contribution < 1.29 is 80.2 Å². The Morgan fingerprint density at radius 2 is 0.558 bits per heavy atom. The number of carbonyl (C=O) groups excluding carboxylic acids is 4. The van der Waals surface area contributed by atoms with Crippen LogP contribution in [0.4, 0.5) is 0 Å². The molecule has 0 aromatic rings. The summed E-state index contributed by atoms with van der Waals surface area (Å²) >= 11 is 0. The Labute approximate surface area is 524 Å². The van der Waals surface area contributed by atoms with Crippen molar-refractivity contribution in [2.75, 3.05) is 39.6 Å². The molecule has 86 heavy (non-hydrogen) atoms. The Kier molecular flexibility index (Phi) is 55.7. The first kappa shape index (κ1) is 84.1. The van der Waals surface area contributed by atoms with Crippen LogP contribution < -0.4 is 0 Å². The molecule has 0 bridgehead atoms. The highest BCUT2D eigenvalue weighted by Crippen LogP contribution is 2.45. The Hall–Kier alpha value is -1.94. The lowest BCUT2D eigenvalue weighted by atomic mass is 10.00. The first-order valence-corrected chi connectivity index (χ1v) is 37.7. The molecule has 0 fully saturated rings. The Morgan fingerprint density at radius 1 is 0.326 bits per heavy atom. The lowest BCUT2D eigenvalue weighted by molar-refractivity contribution is -0.161. The normalized spacial score (nSPS) is 14.7. The first-order chi connectivity index (χ1) is 41.1. The SMILES string of the molecule is CCC(C)CCCCCCCCC(=O)OC[C@H](COP(=O)(O)OC[C@H](O)COP(=O)(O)OC[C@@H](COC(=O)CCCCCCCCCCC(C)C)OC(=O)CCCCCCCCCC(C)C)OC(=O)CCCCCCCCCCCCCCC(C)C. The van der Waals surface area contributed by atoms with Crippen molar-refractivity contribution in [1.29, 1.82) is 0 Å². The molecule has 0 saturated heterocycles. The quantitative estimate of drug-likeness (QED) is 0.0222. The highest BCUT2D eigenvalue weighted by Gasteiger charge is 2.30. The highest BCUT2D eigenvalue weighted by atomic mass is 31.2. The fraction of sp³-hybridized carbons (Fsp3) is 0.940. The van der Waals surface area contributed by atoms with Gasteiger partial charge in [0.2, 0.25) is 0 Å². The van der Waals surface area contributed by atoms with Crippen LogP contribution in [0.25, 0.3) is 0 Å². The number of aliphatic hydroxyl groups is 1. The Morgan fingerprint density at radius 3 is 0.826 bits per heavy atom. The summed E-state index contributed by atoms with van der Waals surface area (Å²) in [5.74, 6) is 0.793. The van der Waals surface area contributed by atoms with Crippen molar-refractivity contribution in [3.05, 3.63) is 0 Å². The average Bonchev–Trinajstić information content (AvgIpc) is 3.67. The van der Waals surface area contributed by atoms with E-state index in [2.05, 4.69) is 55.4 Å². The van der Waals surface area contributed by atoms with E-state index in [1.54, 1.807) is 0 Å². The van der Waals surface area contributed by atoms with Crippen molar-refractivity contribution in [2.45, 2.75) is 343 Å². The number of carbonyl (C=O) groups is 4. The zero-order chi connectivity index (χ0) is 63.9. The summed E-state index contributed by atoms with van der Waals surface area (Å²) in [5.41, 5.74) is 0. The molecule has 0 spiro atoms. The van der Waals surface area contributed by atoms with Gasteiger partial charge >= 0.3 is 39.5 Å². The van der Waals surface area contributed by atoms with Gasteiger partial charge in [0.25, 0.3) is 0 Å². The zero-order valence-corrected chi connectivity index (χ0v) is 57.7. The number of hydrogen-bond acceptors (Lipinski definition) is 15. The number of esters is 4. The third-order valence-electron chi connectivity index (χ3n) is 15.7. The van der Waals surface area contributed by atoms with E-state index in [-0.39, 0.29) is 25.7 Å². The van der Waals surface area contributed by atoms with E-state index in [0.29, 0.717) is 31.6 Å². The molecule has 19 heteroatoms. The molecule has 0 rings (SSSR count). The molecule has 17 nitrogen and oxygen atoms in total. The summed E-state index contributed by atoms with van der Waals surface area (Å²) in [5, 5.41) is 10.6. The fourth-order valence-electron chi connectivity index (χ4n) is 9.93. The second kappa shape index (κ2) is 57.0. The number of unbranched alkanes of at least 4 members (excludes halogenated alkanes) is 29. The minimum Gasteiger partial charge on any atom is -0.462 e. The van der Waals surface area contributed by atoms with Gasteiger partial charge in [-0.2, -0.15) is 0 Å². The summed E-state index contributed by atoms with van der Waals surface area (Å²) in [6.45, 7) is 14.0. The van der Waals surface area contributed by atoms with Crippen LogP contribution in [0, 0.1) is 23.7 Å². The van der Waals surface area contributed by atoms with Crippen LogP contribution in [0.2, 0.25) is 0 Å². The second-order valence-electron chi connectivity index (χ2n) is 25.9. The van der Waals surface area contributed by atoms with Gasteiger partial charge in [-0.05, 0) is 49.4 Å². The Balaban J connectivity index is 5.25. The first-order valence-electron chi connectivity index (χ1n) is 34.7. The molecule has 0 amide bonds. The van der Waals surface area contributed by atoms with Crippen molar-refractivity contribution >= 4 is 39.5 Å². The third-order valence-corrected chi connectivity index (χ3v) is 17.6. The molecule has 0 radical (unpaired) electrons. The van der Waals surface area contributed by atoms with Crippen LogP contribution >= 0.6 is 15.6 Å². The van der Waals surface area contributed by atoms with Crippen molar-refractivity contribution in [3.8, 4) is 0 Å². The molecule has 0 aliphatic carbocycles. The van der Waals surface area contributed by atoms with Gasteiger partial charge < -0.3 is 33.8 Å². The van der Waals surface area contributed by atoms with Gasteiger partial charge in [-0.3, -0.25) is 37.3 Å². The minimum absolute atomic E-state index is 0.102. The van der Waals surface area contributed by atoms with Crippen molar-refractivity contribution in [3.63, 3.8) is 0 Å². The molecule has 3 unspecified atom stereocenters. The van der Waals surface area contributed by atoms with E-state index in [9.17, 15) is 43.2 Å². The summed E-state index contributed by atoms with van der Waals surface area (Å²) in [4.78, 5) is 72.3. The number of hydrogen-bond donors (Lipinski definition) is 3. The molecular formula is C67H130O17P2. The van der Waals surface area contributed by atoms with Gasteiger partial charge in [0.15, 0.2) is 12.2 Å². The number of phosphoric ester groups is 2. The average molecular weight is 1270 g/mol. The van der Waals surface area contributed by atoms with E-state index >= 15 is 0 Å². The van der Waals surface area contributed by atoms with E-state index in [4.69, 9.17) is 37.0 Å². The maximum absolute atomic E-state index is 13.0. The van der Waals surface area contributed by atoms with Crippen molar-refractivity contribution in [2.24, 2.45) is 23.7 Å². The van der Waals surface area contributed by atoms with E-state index < -0.39 is 97.5 Å². The van der Waals surface area contributed by atoms with Crippen molar-refractivity contribution in [1.82, 2.24) is 0 Å². The lowest BCUT2D eigenvalue weighted by Crippen LogP contribution is -2.30. The zero-order valence-electron chi connectivity index (χ0n) is 55.9. The van der Waals surface area contributed by atoms with E-state index in [1.807, 2.05) is 0 Å². The molecule has 510 valence electrons. The molecule has 0 saturated carbocycles. The number of ether oxygens (including phenoxy) is 4. The van der Waals surface area contributed by atoms with Crippen LogP contribution in [-0.4, -0.2) is 96.7 Å². The van der Waals surface area contributed by atoms with Gasteiger partial charge in [-0.25, -0.2) is 9.13 Å². The van der Waals surface area contributed by atoms with E-state index in [0.717, 1.165) is 114 Å². The third kappa shape index (κ3) is 59.7. The number of aliphatic hydroxyl groups excluding tert-OH is 1. The molecule has 0 aromatic heterocycles. The maximum atomic E-state index is 13.0. The smallest absolute Gasteiger partial charge is 0.462 e. The van der Waals surface area contributed by atoms with Crippen LogP contribution in [0.3, 0.4) is 0 Å². The molecule has 0 aliphatic rings. The van der Waals surface area contributed by atoms with Gasteiger partial charge in [0, 0.05) is 25.7 Å². The lowest BCUT2D eigenvalue weighted by Gasteiger charge is -2.21. The fourth-order valence-corrected chi connectivity index (χ4v) is 11.5. The molecule has 0 heterocycles. The predicted molar refractivity (Wildman–Crippen MR) is 344 cm³/mol. The topological polar surface area (TPSA) is 237 Å². The van der Waals surface area contributed by atoms with Crippen LogP contribution in [0.5, 0.6) is 0 Å². The Bertz CT molecular complexity index is 1720.